The molecule has 0 aromatic rings. The Kier molecular flexibility index (Phi) is 35.8. The summed E-state index contributed by atoms with van der Waals surface area (Å²) in [5.41, 5.74) is 0. The molecule has 11 heteroatoms. The van der Waals surface area contributed by atoms with Gasteiger partial charge in [-0.25, -0.2) is 4.79 Å². The lowest BCUT2D eigenvalue weighted by molar-refractivity contribution is -0.298. The molecule has 11 nitrogen and oxygen atoms in total. The Morgan fingerprint density at radius 2 is 0.898 bits per heavy atom. The molecule has 4 N–H and O–H groups in total. The predicted octanol–water partition coefficient (Wildman–Crippen LogP) is 10.6. The second-order valence-electron chi connectivity index (χ2n) is 16.6. The lowest BCUT2D eigenvalue weighted by Crippen LogP contribution is -2.60. The monoisotopic (exact) mass is 839 g/mol. The largest absolute Gasteiger partial charge is 0.479 e. The van der Waals surface area contributed by atoms with Crippen LogP contribution in [0.5, 0.6) is 0 Å². The number of carbonyl (C=O) groups excluding carboxylic acids is 2. The third-order valence-corrected chi connectivity index (χ3v) is 11.0. The van der Waals surface area contributed by atoms with E-state index >= 15 is 0 Å². The molecule has 0 saturated carbocycles. The van der Waals surface area contributed by atoms with Crippen LogP contribution in [0.25, 0.3) is 0 Å². The van der Waals surface area contributed by atoms with E-state index in [4.69, 9.17) is 18.9 Å². The van der Waals surface area contributed by atoms with Gasteiger partial charge in [-0.05, 0) is 64.2 Å². The standard InChI is InChI=1S/C48H86O11/c1-3-5-7-9-11-13-15-17-19-21-23-24-26-28-30-32-34-36-41(49)56-38-40(39-57-48-45(53)43(51)44(52)46(59-48)47(54)55)58-42(50)37-35-33-31-29-27-25-22-20-18-16-14-12-10-8-6-4-2/h17,19-20,22,40,43-46,48,51-53H,3-16,18,21,23-39H2,1-2H3,(H,54,55)/b19-17-,22-20-. The zero-order valence-electron chi connectivity index (χ0n) is 37.3. The molecule has 1 saturated heterocycles. The van der Waals surface area contributed by atoms with Crippen LogP contribution in [-0.4, -0.2) is 88.4 Å². The van der Waals surface area contributed by atoms with E-state index in [1.165, 1.54) is 109 Å². The number of carboxylic acids is 1. The number of carboxylic acid groups (broad SMARTS) is 1. The van der Waals surface area contributed by atoms with E-state index in [1.807, 2.05) is 0 Å². The van der Waals surface area contributed by atoms with E-state index in [0.29, 0.717) is 12.8 Å². The first-order valence-corrected chi connectivity index (χ1v) is 23.9. The van der Waals surface area contributed by atoms with Crippen LogP contribution in [0.3, 0.4) is 0 Å². The number of hydrogen-bond acceptors (Lipinski definition) is 10. The van der Waals surface area contributed by atoms with Gasteiger partial charge in [-0.2, -0.15) is 0 Å². The van der Waals surface area contributed by atoms with E-state index in [2.05, 4.69) is 38.2 Å². The second kappa shape index (κ2) is 38.6. The summed E-state index contributed by atoms with van der Waals surface area (Å²) in [5, 5.41) is 39.8. The number of hydrogen-bond donors (Lipinski definition) is 4. The van der Waals surface area contributed by atoms with E-state index in [0.717, 1.165) is 64.2 Å². The first kappa shape index (κ1) is 54.7. The zero-order valence-corrected chi connectivity index (χ0v) is 37.3. The maximum absolute atomic E-state index is 12.8. The lowest BCUT2D eigenvalue weighted by atomic mass is 9.99. The summed E-state index contributed by atoms with van der Waals surface area (Å²) in [6, 6.07) is 0. The molecule has 0 aromatic heterocycles. The smallest absolute Gasteiger partial charge is 0.335 e. The van der Waals surface area contributed by atoms with Crippen molar-refractivity contribution in [3.05, 3.63) is 24.3 Å². The maximum atomic E-state index is 12.8. The highest BCUT2D eigenvalue weighted by Crippen LogP contribution is 2.23. The number of carbonyl (C=O) groups is 3. The highest BCUT2D eigenvalue weighted by molar-refractivity contribution is 5.73. The SMILES string of the molecule is CCCCCCCC/C=C\CCCCCCCCCC(=O)OCC(COC1OC(C(=O)O)C(O)C(O)C1O)OC(=O)CCCCCCC/C=C\CCCCCCCCC. The number of aliphatic hydroxyl groups excluding tert-OH is 3. The van der Waals surface area contributed by atoms with Crippen LogP contribution in [0.15, 0.2) is 24.3 Å². The summed E-state index contributed by atoms with van der Waals surface area (Å²) >= 11 is 0. The van der Waals surface area contributed by atoms with Gasteiger partial charge in [-0.3, -0.25) is 9.59 Å². The fourth-order valence-electron chi connectivity index (χ4n) is 7.22. The number of aliphatic carboxylic acids is 1. The number of allylic oxidation sites excluding steroid dienone is 4. The molecule has 6 unspecified atom stereocenters. The molecule has 0 spiro atoms. The van der Waals surface area contributed by atoms with E-state index < -0.39 is 61.3 Å². The van der Waals surface area contributed by atoms with Crippen LogP contribution in [0, 0.1) is 0 Å². The number of esters is 2. The molecule has 1 fully saturated rings. The molecule has 0 aliphatic carbocycles. The predicted molar refractivity (Wildman–Crippen MR) is 234 cm³/mol. The highest BCUT2D eigenvalue weighted by atomic mass is 16.7. The Hall–Kier alpha value is -2.31. The molecular formula is C48H86O11. The van der Waals surface area contributed by atoms with Crippen molar-refractivity contribution in [2.75, 3.05) is 13.2 Å². The van der Waals surface area contributed by atoms with Gasteiger partial charge in [0.15, 0.2) is 18.5 Å². The Balaban J connectivity index is 2.35. The molecule has 0 aromatic carbocycles. The average Bonchev–Trinajstić information content (AvgIpc) is 3.22. The highest BCUT2D eigenvalue weighted by Gasteiger charge is 2.47. The summed E-state index contributed by atoms with van der Waals surface area (Å²) in [4.78, 5) is 36.9. The summed E-state index contributed by atoms with van der Waals surface area (Å²) in [7, 11) is 0. The second-order valence-corrected chi connectivity index (χ2v) is 16.6. The number of unbranched alkanes of at least 4 members (excludes halogenated alkanes) is 25. The first-order valence-electron chi connectivity index (χ1n) is 23.9. The molecular weight excluding hydrogens is 753 g/mol. The van der Waals surface area contributed by atoms with Gasteiger partial charge < -0.3 is 39.4 Å². The van der Waals surface area contributed by atoms with Crippen LogP contribution in [0.2, 0.25) is 0 Å². The van der Waals surface area contributed by atoms with Crippen molar-refractivity contribution in [1.29, 1.82) is 0 Å². The summed E-state index contributed by atoms with van der Waals surface area (Å²) in [6.45, 7) is 3.81. The van der Waals surface area contributed by atoms with Crippen LogP contribution >= 0.6 is 0 Å². The lowest BCUT2D eigenvalue weighted by Gasteiger charge is -2.38. The van der Waals surface area contributed by atoms with Gasteiger partial charge in [0, 0.05) is 12.8 Å². The molecule has 1 rings (SSSR count). The fourth-order valence-corrected chi connectivity index (χ4v) is 7.22. The van der Waals surface area contributed by atoms with Crippen molar-refractivity contribution in [1.82, 2.24) is 0 Å². The van der Waals surface area contributed by atoms with Crippen molar-refractivity contribution in [3.63, 3.8) is 0 Å². The maximum Gasteiger partial charge on any atom is 0.335 e. The Morgan fingerprint density at radius 1 is 0.508 bits per heavy atom. The third-order valence-electron chi connectivity index (χ3n) is 11.0. The van der Waals surface area contributed by atoms with Gasteiger partial charge >= 0.3 is 17.9 Å². The average molecular weight is 839 g/mol. The minimum atomic E-state index is -1.86. The van der Waals surface area contributed by atoms with E-state index in [9.17, 15) is 34.8 Å². The number of aliphatic hydroxyl groups is 3. The van der Waals surface area contributed by atoms with Crippen molar-refractivity contribution in [3.8, 4) is 0 Å². The minimum Gasteiger partial charge on any atom is -0.479 e. The molecule has 1 aliphatic heterocycles. The Labute approximate surface area is 358 Å². The van der Waals surface area contributed by atoms with Gasteiger partial charge in [0.05, 0.1) is 6.61 Å². The van der Waals surface area contributed by atoms with Crippen molar-refractivity contribution in [2.45, 2.75) is 250 Å². The molecule has 59 heavy (non-hydrogen) atoms. The zero-order chi connectivity index (χ0) is 43.2. The molecule has 0 bridgehead atoms. The summed E-state index contributed by atoms with van der Waals surface area (Å²) in [5.74, 6) is -2.45. The van der Waals surface area contributed by atoms with Crippen LogP contribution in [-0.2, 0) is 33.3 Å². The van der Waals surface area contributed by atoms with Crippen molar-refractivity contribution >= 4 is 17.9 Å². The van der Waals surface area contributed by atoms with E-state index in [-0.39, 0.29) is 19.4 Å². The van der Waals surface area contributed by atoms with Crippen LogP contribution < -0.4 is 0 Å². The molecule has 1 aliphatic rings. The van der Waals surface area contributed by atoms with Crippen molar-refractivity contribution < 1.29 is 53.8 Å². The Morgan fingerprint density at radius 3 is 1.32 bits per heavy atom. The Bertz CT molecular complexity index is 1080. The third kappa shape index (κ3) is 30.4. The summed E-state index contributed by atoms with van der Waals surface area (Å²) in [6.07, 6.45) is 33.7. The van der Waals surface area contributed by atoms with E-state index in [1.54, 1.807) is 0 Å². The molecule has 344 valence electrons. The van der Waals surface area contributed by atoms with Gasteiger partial charge in [0.25, 0.3) is 0 Å². The molecule has 0 radical (unpaired) electrons. The minimum absolute atomic E-state index is 0.174. The van der Waals surface area contributed by atoms with Crippen LogP contribution in [0.1, 0.15) is 213 Å². The van der Waals surface area contributed by atoms with Crippen molar-refractivity contribution in [2.24, 2.45) is 0 Å². The van der Waals surface area contributed by atoms with Gasteiger partial charge in [-0.1, -0.05) is 160 Å². The number of rotatable bonds is 40. The van der Waals surface area contributed by atoms with Gasteiger partial charge in [-0.15, -0.1) is 0 Å². The number of ether oxygens (including phenoxy) is 4. The summed E-state index contributed by atoms with van der Waals surface area (Å²) < 4.78 is 21.8. The first-order chi connectivity index (χ1) is 28.7. The van der Waals surface area contributed by atoms with Gasteiger partial charge in [0.1, 0.15) is 24.9 Å². The molecule has 6 atom stereocenters. The fraction of sp³-hybridized carbons (Fsp3) is 0.854. The quantitative estimate of drug-likeness (QED) is 0.0263. The van der Waals surface area contributed by atoms with Crippen LogP contribution in [0.4, 0.5) is 0 Å². The topological polar surface area (TPSA) is 169 Å². The molecule has 0 amide bonds. The van der Waals surface area contributed by atoms with Gasteiger partial charge in [0.2, 0.25) is 0 Å². The normalized spacial score (nSPS) is 20.1. The molecule has 1 heterocycles.